The number of rotatable bonds is 6. The molecule has 0 atom stereocenters. The molecular weight excluding hydrogens is 543 g/mol. The lowest BCUT2D eigenvalue weighted by Crippen LogP contribution is -2.42. The van der Waals surface area contributed by atoms with Crippen LogP contribution in [0.15, 0.2) is 24.3 Å². The zero-order valence-electron chi connectivity index (χ0n) is 23.3. The van der Waals surface area contributed by atoms with Crippen molar-refractivity contribution >= 4 is 34.7 Å². The predicted octanol–water partition coefficient (Wildman–Crippen LogP) is 6.58. The molecule has 1 aromatic carbocycles. The maximum absolute atomic E-state index is 9.18. The third kappa shape index (κ3) is 6.30. The number of nitriles is 1. The lowest BCUT2D eigenvalue weighted by molar-refractivity contribution is 0.0827. The zero-order chi connectivity index (χ0) is 27.5. The molecule has 0 unspecified atom stereocenters. The first-order valence-corrected chi connectivity index (χ1v) is 15.9. The van der Waals surface area contributed by atoms with E-state index in [-0.39, 0.29) is 11.5 Å². The molecule has 7 nitrogen and oxygen atoms in total. The van der Waals surface area contributed by atoms with Gasteiger partial charge in [0.25, 0.3) is 0 Å². The number of nitrogens with zero attached hydrogens (tertiary/aromatic N) is 6. The Hall–Kier alpha value is -2.27. The van der Waals surface area contributed by atoms with Crippen molar-refractivity contribution in [3.05, 3.63) is 39.9 Å². The molecule has 3 aliphatic heterocycles. The van der Waals surface area contributed by atoms with Crippen LogP contribution in [0, 0.1) is 22.7 Å². The van der Waals surface area contributed by atoms with E-state index in [0.29, 0.717) is 21.5 Å². The summed E-state index contributed by atoms with van der Waals surface area (Å²) in [5.74, 6) is 2.20. The molecule has 1 saturated carbocycles. The van der Waals surface area contributed by atoms with E-state index in [1.165, 1.54) is 38.6 Å². The number of benzene rings is 1. The second kappa shape index (κ2) is 12.3. The molecule has 214 valence electrons. The highest BCUT2D eigenvalue weighted by Crippen LogP contribution is 2.43. The number of aromatic nitrogens is 2. The SMILES string of the molecule is N#Cc1ccc(N2CCC3(CCN(c4nnc(OC5CCN(CC6CCCCC6)CC5)cc4Cl)CC3)C2)cc1Cl. The number of ether oxygens (including phenoxy) is 1. The molecule has 3 saturated heterocycles. The summed E-state index contributed by atoms with van der Waals surface area (Å²) >= 11 is 13.0. The smallest absolute Gasteiger partial charge is 0.235 e. The molecule has 1 spiro atoms. The van der Waals surface area contributed by atoms with E-state index < -0.39 is 0 Å². The highest BCUT2D eigenvalue weighted by atomic mass is 35.5. The van der Waals surface area contributed by atoms with E-state index in [2.05, 4.69) is 31.0 Å². The van der Waals surface area contributed by atoms with Gasteiger partial charge in [-0.1, -0.05) is 42.5 Å². The first-order valence-electron chi connectivity index (χ1n) is 15.1. The lowest BCUT2D eigenvalue weighted by Gasteiger charge is -2.40. The average Bonchev–Trinajstić information content (AvgIpc) is 3.39. The maximum Gasteiger partial charge on any atom is 0.235 e. The quantitative estimate of drug-likeness (QED) is 0.381. The Bertz CT molecular complexity index is 1210. The zero-order valence-corrected chi connectivity index (χ0v) is 24.8. The Labute approximate surface area is 248 Å². The molecule has 1 aliphatic carbocycles. The molecule has 4 aliphatic rings. The minimum Gasteiger partial charge on any atom is -0.473 e. The van der Waals surface area contributed by atoms with Crippen LogP contribution in [-0.2, 0) is 0 Å². The molecule has 0 amide bonds. The van der Waals surface area contributed by atoms with Crippen LogP contribution in [0.4, 0.5) is 11.5 Å². The Balaban J connectivity index is 0.985. The first-order chi connectivity index (χ1) is 19.5. The molecule has 6 rings (SSSR count). The largest absolute Gasteiger partial charge is 0.473 e. The Morgan fingerprint density at radius 3 is 2.27 bits per heavy atom. The van der Waals surface area contributed by atoms with Gasteiger partial charge in [0, 0.05) is 57.6 Å². The lowest BCUT2D eigenvalue weighted by atomic mass is 9.78. The molecule has 0 bridgehead atoms. The number of hydrogen-bond acceptors (Lipinski definition) is 7. The fraction of sp³-hybridized carbons (Fsp3) is 0.645. The van der Waals surface area contributed by atoms with Crippen LogP contribution in [-0.4, -0.2) is 67.0 Å². The van der Waals surface area contributed by atoms with Gasteiger partial charge in [-0.25, -0.2) is 0 Å². The molecule has 4 heterocycles. The second-order valence-corrected chi connectivity index (χ2v) is 13.2. The molecule has 2 aromatic rings. The van der Waals surface area contributed by atoms with Gasteiger partial charge in [-0.2, -0.15) is 5.26 Å². The van der Waals surface area contributed by atoms with Crippen LogP contribution in [0.5, 0.6) is 5.88 Å². The fourth-order valence-corrected chi connectivity index (χ4v) is 7.75. The van der Waals surface area contributed by atoms with E-state index in [4.69, 9.17) is 27.9 Å². The van der Waals surface area contributed by atoms with Crippen LogP contribution < -0.4 is 14.5 Å². The summed E-state index contributed by atoms with van der Waals surface area (Å²) in [6.45, 7) is 7.30. The van der Waals surface area contributed by atoms with Gasteiger partial charge in [-0.3, -0.25) is 0 Å². The van der Waals surface area contributed by atoms with Crippen LogP contribution >= 0.6 is 23.2 Å². The number of anilines is 2. The van der Waals surface area contributed by atoms with Gasteiger partial charge >= 0.3 is 0 Å². The number of likely N-dealkylation sites (tertiary alicyclic amines) is 1. The fourth-order valence-electron chi connectivity index (χ4n) is 7.28. The van der Waals surface area contributed by atoms with E-state index in [1.54, 1.807) is 0 Å². The summed E-state index contributed by atoms with van der Waals surface area (Å²) in [5, 5.41) is 19.3. The standard InChI is InChI=1S/C31H40Cl2N6O/c32-27-18-25(7-6-24(27)20-34)39-17-12-31(22-39)10-15-38(16-11-31)30-28(33)19-29(35-36-30)40-26-8-13-37(14-9-26)21-23-4-2-1-3-5-23/h6-7,18-19,23,26H,1-5,8-17,21-22H2. The third-order valence-electron chi connectivity index (χ3n) is 9.77. The van der Waals surface area contributed by atoms with E-state index in [0.717, 1.165) is 88.8 Å². The summed E-state index contributed by atoms with van der Waals surface area (Å²) in [7, 11) is 0. The van der Waals surface area contributed by atoms with E-state index >= 15 is 0 Å². The van der Waals surface area contributed by atoms with Gasteiger partial charge in [0.2, 0.25) is 5.88 Å². The average molecular weight is 584 g/mol. The molecule has 4 fully saturated rings. The Morgan fingerprint density at radius 1 is 0.875 bits per heavy atom. The Morgan fingerprint density at radius 2 is 1.60 bits per heavy atom. The molecule has 0 radical (unpaired) electrons. The van der Waals surface area contributed by atoms with Crippen molar-refractivity contribution in [1.29, 1.82) is 5.26 Å². The van der Waals surface area contributed by atoms with Crippen molar-refractivity contribution in [3.8, 4) is 11.9 Å². The van der Waals surface area contributed by atoms with Crippen LogP contribution in [0.3, 0.4) is 0 Å². The molecule has 9 heteroatoms. The van der Waals surface area contributed by atoms with Gasteiger partial charge in [0.15, 0.2) is 5.82 Å². The second-order valence-electron chi connectivity index (χ2n) is 12.4. The highest BCUT2D eigenvalue weighted by Gasteiger charge is 2.41. The number of hydrogen-bond donors (Lipinski definition) is 0. The van der Waals surface area contributed by atoms with Crippen molar-refractivity contribution in [2.24, 2.45) is 11.3 Å². The third-order valence-corrected chi connectivity index (χ3v) is 10.4. The summed E-state index contributed by atoms with van der Waals surface area (Å²) in [4.78, 5) is 7.31. The van der Waals surface area contributed by atoms with Crippen molar-refractivity contribution in [2.45, 2.75) is 70.3 Å². The van der Waals surface area contributed by atoms with Gasteiger partial charge in [0.05, 0.1) is 15.6 Å². The van der Waals surface area contributed by atoms with E-state index in [1.807, 2.05) is 24.3 Å². The van der Waals surface area contributed by atoms with Gasteiger partial charge in [-0.05, 0) is 74.5 Å². The van der Waals surface area contributed by atoms with Gasteiger partial charge in [0.1, 0.15) is 12.2 Å². The van der Waals surface area contributed by atoms with Crippen LogP contribution in [0.2, 0.25) is 10.0 Å². The van der Waals surface area contributed by atoms with Crippen LogP contribution in [0.1, 0.15) is 69.8 Å². The van der Waals surface area contributed by atoms with Gasteiger partial charge in [-0.15, -0.1) is 10.2 Å². The monoisotopic (exact) mass is 582 g/mol. The van der Waals surface area contributed by atoms with Crippen molar-refractivity contribution < 1.29 is 4.74 Å². The summed E-state index contributed by atoms with van der Waals surface area (Å²) in [5.41, 5.74) is 1.91. The predicted molar refractivity (Wildman–Crippen MR) is 161 cm³/mol. The van der Waals surface area contributed by atoms with Crippen molar-refractivity contribution in [2.75, 3.05) is 55.6 Å². The first kappa shape index (κ1) is 27.9. The van der Waals surface area contributed by atoms with Gasteiger partial charge < -0.3 is 19.4 Å². The van der Waals surface area contributed by atoms with Crippen LogP contribution in [0.25, 0.3) is 0 Å². The highest BCUT2D eigenvalue weighted by molar-refractivity contribution is 6.33. The summed E-state index contributed by atoms with van der Waals surface area (Å²) in [6.07, 6.45) is 12.6. The summed E-state index contributed by atoms with van der Waals surface area (Å²) < 4.78 is 6.23. The van der Waals surface area contributed by atoms with Crippen molar-refractivity contribution in [1.82, 2.24) is 15.1 Å². The number of halogens is 2. The topological polar surface area (TPSA) is 68.5 Å². The van der Waals surface area contributed by atoms with Crippen molar-refractivity contribution in [3.63, 3.8) is 0 Å². The molecular formula is C31H40Cl2N6O. The van der Waals surface area contributed by atoms with E-state index in [9.17, 15) is 5.26 Å². The molecule has 0 N–H and O–H groups in total. The minimum absolute atomic E-state index is 0.185. The Kier molecular flexibility index (Phi) is 8.58. The maximum atomic E-state index is 9.18. The summed E-state index contributed by atoms with van der Waals surface area (Å²) in [6, 6.07) is 9.76. The minimum atomic E-state index is 0.185. The molecule has 40 heavy (non-hydrogen) atoms. The molecule has 1 aromatic heterocycles. The normalized spacial score (nSPS) is 22.5. The number of piperidine rings is 2.